The SMILES string of the molecule is C[C@]1(CBr)[C@@]2(CBr)CC[C@]1(C)C(=O)C2. The van der Waals surface area contributed by atoms with E-state index in [2.05, 4.69) is 45.7 Å². The largest absolute Gasteiger partial charge is 0.299 e. The molecule has 2 bridgehead atoms. The van der Waals surface area contributed by atoms with Gasteiger partial charge in [-0.15, -0.1) is 0 Å². The summed E-state index contributed by atoms with van der Waals surface area (Å²) in [6, 6.07) is 0. The third kappa shape index (κ3) is 0.940. The average Bonchev–Trinajstić information content (AvgIpc) is 2.50. The smallest absolute Gasteiger partial charge is 0.139 e. The molecule has 2 saturated carbocycles. The summed E-state index contributed by atoms with van der Waals surface area (Å²) in [4.78, 5) is 12.1. The molecule has 0 aromatic carbocycles. The van der Waals surface area contributed by atoms with Crippen molar-refractivity contribution >= 4 is 37.6 Å². The molecule has 0 aliphatic heterocycles. The van der Waals surface area contributed by atoms with Gasteiger partial charge in [-0.05, 0) is 23.7 Å². The third-order valence-corrected chi connectivity index (χ3v) is 7.32. The summed E-state index contributed by atoms with van der Waals surface area (Å²) in [5, 5.41) is 1.90. The van der Waals surface area contributed by atoms with Gasteiger partial charge in [-0.2, -0.15) is 0 Å². The van der Waals surface area contributed by atoms with Crippen LogP contribution in [0.25, 0.3) is 0 Å². The summed E-state index contributed by atoms with van der Waals surface area (Å²) >= 11 is 7.23. The zero-order valence-corrected chi connectivity index (χ0v) is 11.9. The van der Waals surface area contributed by atoms with Crippen molar-refractivity contribution in [3.05, 3.63) is 0 Å². The first-order valence-electron chi connectivity index (χ1n) is 5.11. The van der Waals surface area contributed by atoms with Gasteiger partial charge in [0.1, 0.15) is 5.78 Å². The third-order valence-electron chi connectivity index (χ3n) is 5.13. The van der Waals surface area contributed by atoms with Crippen molar-refractivity contribution in [3.63, 3.8) is 0 Å². The van der Waals surface area contributed by atoms with E-state index in [1.165, 1.54) is 6.42 Å². The van der Waals surface area contributed by atoms with Crippen LogP contribution in [-0.4, -0.2) is 16.4 Å². The maximum absolute atomic E-state index is 12.1. The van der Waals surface area contributed by atoms with Gasteiger partial charge in [0.15, 0.2) is 0 Å². The van der Waals surface area contributed by atoms with Gasteiger partial charge in [0.25, 0.3) is 0 Å². The van der Waals surface area contributed by atoms with Gasteiger partial charge in [-0.25, -0.2) is 0 Å². The second-order valence-electron chi connectivity index (χ2n) is 5.31. The lowest BCUT2D eigenvalue weighted by molar-refractivity contribution is -0.128. The van der Waals surface area contributed by atoms with Crippen LogP contribution in [0.3, 0.4) is 0 Å². The van der Waals surface area contributed by atoms with Crippen LogP contribution in [0, 0.1) is 16.2 Å². The molecule has 0 amide bonds. The van der Waals surface area contributed by atoms with Crippen molar-refractivity contribution in [2.45, 2.75) is 33.1 Å². The van der Waals surface area contributed by atoms with Crippen molar-refractivity contribution < 1.29 is 4.79 Å². The summed E-state index contributed by atoms with van der Waals surface area (Å²) < 4.78 is 0. The first-order valence-corrected chi connectivity index (χ1v) is 7.35. The minimum absolute atomic E-state index is 0.0791. The van der Waals surface area contributed by atoms with E-state index in [1.807, 2.05) is 0 Å². The molecule has 0 aromatic rings. The van der Waals surface area contributed by atoms with Gasteiger partial charge in [-0.3, -0.25) is 4.79 Å². The van der Waals surface area contributed by atoms with E-state index in [1.54, 1.807) is 0 Å². The molecule has 1 nitrogen and oxygen atoms in total. The van der Waals surface area contributed by atoms with Gasteiger partial charge in [-0.1, -0.05) is 45.7 Å². The fourth-order valence-corrected chi connectivity index (χ4v) is 5.72. The Morgan fingerprint density at radius 1 is 1.21 bits per heavy atom. The van der Waals surface area contributed by atoms with E-state index in [4.69, 9.17) is 0 Å². The maximum Gasteiger partial charge on any atom is 0.139 e. The second kappa shape index (κ2) is 3.07. The predicted octanol–water partition coefficient (Wildman–Crippen LogP) is 3.54. The quantitative estimate of drug-likeness (QED) is 0.710. The van der Waals surface area contributed by atoms with Crippen molar-refractivity contribution in [1.29, 1.82) is 0 Å². The van der Waals surface area contributed by atoms with E-state index >= 15 is 0 Å². The molecule has 80 valence electrons. The van der Waals surface area contributed by atoms with Gasteiger partial charge in [0.05, 0.1) is 0 Å². The molecule has 0 heterocycles. The fourth-order valence-electron chi connectivity index (χ4n) is 3.41. The standard InChI is InChI=1S/C11H16Br2O/c1-9-3-4-11(7-13,5-8(9)14)10(9,2)6-12/h3-7H2,1-2H3/t9-,10-,11+/m1/s1. The highest BCUT2D eigenvalue weighted by Crippen LogP contribution is 2.71. The van der Waals surface area contributed by atoms with Crippen molar-refractivity contribution in [2.24, 2.45) is 16.2 Å². The predicted molar refractivity (Wildman–Crippen MR) is 65.1 cm³/mol. The Hall–Kier alpha value is 0.630. The topological polar surface area (TPSA) is 17.1 Å². The molecule has 0 radical (unpaired) electrons. The molecule has 3 atom stereocenters. The van der Waals surface area contributed by atoms with Crippen LogP contribution < -0.4 is 0 Å². The number of hydrogen-bond donors (Lipinski definition) is 0. The van der Waals surface area contributed by atoms with Crippen LogP contribution in [0.1, 0.15) is 33.1 Å². The van der Waals surface area contributed by atoms with Crippen molar-refractivity contribution in [2.75, 3.05) is 10.7 Å². The molecule has 2 rings (SSSR count). The van der Waals surface area contributed by atoms with E-state index < -0.39 is 0 Å². The number of ketones is 1. The van der Waals surface area contributed by atoms with Gasteiger partial charge in [0.2, 0.25) is 0 Å². The molecule has 2 aliphatic carbocycles. The number of hydrogen-bond acceptors (Lipinski definition) is 1. The van der Waals surface area contributed by atoms with Crippen LogP contribution in [0.5, 0.6) is 0 Å². The van der Waals surface area contributed by atoms with Gasteiger partial charge >= 0.3 is 0 Å². The van der Waals surface area contributed by atoms with E-state index in [0.717, 1.165) is 23.5 Å². The Bertz CT molecular complexity index is 291. The minimum atomic E-state index is -0.0791. The Balaban J connectivity index is 2.53. The number of Topliss-reactive ketones (excluding diaryl/α,β-unsaturated/α-hetero) is 1. The maximum atomic E-state index is 12.1. The number of fused-ring (bicyclic) bond motifs is 2. The molecule has 0 aromatic heterocycles. The highest BCUT2D eigenvalue weighted by Gasteiger charge is 2.70. The summed E-state index contributed by atoms with van der Waals surface area (Å²) in [5.41, 5.74) is 0.271. The van der Waals surface area contributed by atoms with E-state index in [9.17, 15) is 4.79 Å². The molecule has 0 saturated heterocycles. The van der Waals surface area contributed by atoms with Crippen LogP contribution in [0.15, 0.2) is 0 Å². The molecule has 14 heavy (non-hydrogen) atoms. The number of halogens is 2. The van der Waals surface area contributed by atoms with Crippen LogP contribution in [-0.2, 0) is 4.79 Å². The fraction of sp³-hybridized carbons (Fsp3) is 0.909. The summed E-state index contributed by atoms with van der Waals surface area (Å²) in [5.74, 6) is 0.477. The van der Waals surface area contributed by atoms with Crippen LogP contribution in [0.4, 0.5) is 0 Å². The zero-order chi connectivity index (χ0) is 10.6. The zero-order valence-electron chi connectivity index (χ0n) is 8.70. The van der Waals surface area contributed by atoms with Crippen molar-refractivity contribution in [1.82, 2.24) is 0 Å². The highest BCUT2D eigenvalue weighted by atomic mass is 79.9. The molecule has 0 spiro atoms. The molecule has 0 N–H and O–H groups in total. The normalized spacial score (nSPS) is 51.6. The Labute approximate surface area is 102 Å². The lowest BCUT2D eigenvalue weighted by Crippen LogP contribution is -2.40. The first-order chi connectivity index (χ1) is 6.46. The minimum Gasteiger partial charge on any atom is -0.299 e. The van der Waals surface area contributed by atoms with Crippen LogP contribution >= 0.6 is 31.9 Å². The Morgan fingerprint density at radius 3 is 2.21 bits per heavy atom. The summed E-state index contributed by atoms with van der Waals surface area (Å²) in [6.45, 7) is 4.44. The van der Waals surface area contributed by atoms with E-state index in [-0.39, 0.29) is 16.2 Å². The number of rotatable bonds is 2. The summed E-state index contributed by atoms with van der Waals surface area (Å²) in [6.07, 6.45) is 3.04. The van der Waals surface area contributed by atoms with Gasteiger partial charge < -0.3 is 0 Å². The van der Waals surface area contributed by atoms with E-state index in [0.29, 0.717) is 5.78 Å². The Morgan fingerprint density at radius 2 is 1.86 bits per heavy atom. The Kier molecular flexibility index (Phi) is 2.44. The summed E-state index contributed by atoms with van der Waals surface area (Å²) in [7, 11) is 0. The molecule has 0 unspecified atom stereocenters. The number of carbonyl (C=O) groups is 1. The molecular weight excluding hydrogens is 308 g/mol. The number of alkyl halides is 2. The first kappa shape index (κ1) is 11.1. The molecular formula is C11H16Br2O. The van der Waals surface area contributed by atoms with Crippen LogP contribution in [0.2, 0.25) is 0 Å². The number of carbonyl (C=O) groups excluding carboxylic acids is 1. The lowest BCUT2D eigenvalue weighted by atomic mass is 9.66. The van der Waals surface area contributed by atoms with Crippen molar-refractivity contribution in [3.8, 4) is 0 Å². The molecule has 3 heteroatoms. The molecule has 2 fully saturated rings. The second-order valence-corrected chi connectivity index (χ2v) is 6.43. The molecule has 2 aliphatic rings. The highest BCUT2D eigenvalue weighted by molar-refractivity contribution is 9.09. The van der Waals surface area contributed by atoms with Gasteiger partial charge in [0, 0.05) is 22.5 Å². The average molecular weight is 324 g/mol. The lowest BCUT2D eigenvalue weighted by Gasteiger charge is -2.41. The monoisotopic (exact) mass is 322 g/mol.